The maximum absolute atomic E-state index is 11.8. The average Bonchev–Trinajstić information content (AvgIpc) is 2.97. The van der Waals surface area contributed by atoms with E-state index in [1.165, 1.54) is 0 Å². The summed E-state index contributed by atoms with van der Waals surface area (Å²) in [5, 5.41) is 11.9. The molecule has 0 spiro atoms. The van der Waals surface area contributed by atoms with Crippen LogP contribution in [0.15, 0.2) is 22.8 Å². The second kappa shape index (κ2) is 5.48. The number of hydrogen-bond donors (Lipinski definition) is 2. The molecular formula is C12H15NO4S. The first-order valence-corrected chi connectivity index (χ1v) is 6.92. The summed E-state index contributed by atoms with van der Waals surface area (Å²) in [6.45, 7) is 0. The molecule has 2 N–H and O–H groups in total. The van der Waals surface area contributed by atoms with Crippen molar-refractivity contribution in [3.8, 4) is 0 Å². The molecule has 1 fully saturated rings. The van der Waals surface area contributed by atoms with Crippen molar-refractivity contribution in [2.75, 3.05) is 11.5 Å². The second-order valence-electron chi connectivity index (χ2n) is 4.32. The van der Waals surface area contributed by atoms with Crippen molar-refractivity contribution in [1.29, 1.82) is 0 Å². The number of carboxylic acids is 1. The Labute approximate surface area is 109 Å². The summed E-state index contributed by atoms with van der Waals surface area (Å²) in [4.78, 5) is 23.0. The second-order valence-corrected chi connectivity index (χ2v) is 5.42. The molecule has 18 heavy (non-hydrogen) atoms. The molecule has 1 atom stereocenters. The SMILES string of the molecule is O=C(CCc1ccco1)NC1(C(=O)O)CCSC1. The molecule has 1 amide bonds. The Bertz CT molecular complexity index is 423. The van der Waals surface area contributed by atoms with Gasteiger partial charge in [-0.2, -0.15) is 11.8 Å². The minimum absolute atomic E-state index is 0.240. The summed E-state index contributed by atoms with van der Waals surface area (Å²) in [7, 11) is 0. The Hall–Kier alpha value is -1.43. The number of carboxylic acid groups (broad SMARTS) is 1. The van der Waals surface area contributed by atoms with Crippen molar-refractivity contribution in [2.45, 2.75) is 24.8 Å². The predicted octanol–water partition coefficient (Wildman–Crippen LogP) is 1.29. The molecule has 98 valence electrons. The van der Waals surface area contributed by atoms with Crippen molar-refractivity contribution >= 4 is 23.6 Å². The number of rotatable bonds is 5. The minimum atomic E-state index is -1.08. The highest BCUT2D eigenvalue weighted by Crippen LogP contribution is 2.28. The molecule has 0 radical (unpaired) electrons. The molecule has 0 aliphatic carbocycles. The highest BCUT2D eigenvalue weighted by molar-refractivity contribution is 7.99. The average molecular weight is 269 g/mol. The number of amides is 1. The van der Waals surface area contributed by atoms with E-state index in [4.69, 9.17) is 4.42 Å². The van der Waals surface area contributed by atoms with Crippen molar-refractivity contribution < 1.29 is 19.1 Å². The number of furan rings is 1. The lowest BCUT2D eigenvalue weighted by Crippen LogP contribution is -2.54. The highest BCUT2D eigenvalue weighted by Gasteiger charge is 2.43. The van der Waals surface area contributed by atoms with Crippen LogP contribution in [0.5, 0.6) is 0 Å². The van der Waals surface area contributed by atoms with Crippen LogP contribution in [0.2, 0.25) is 0 Å². The fraction of sp³-hybridized carbons (Fsp3) is 0.500. The molecule has 2 rings (SSSR count). The molecule has 1 aliphatic rings. The number of carbonyl (C=O) groups excluding carboxylic acids is 1. The van der Waals surface area contributed by atoms with Gasteiger partial charge in [-0.3, -0.25) is 4.79 Å². The predicted molar refractivity (Wildman–Crippen MR) is 67.5 cm³/mol. The zero-order valence-electron chi connectivity index (χ0n) is 9.85. The van der Waals surface area contributed by atoms with Gasteiger partial charge in [0.05, 0.1) is 6.26 Å². The van der Waals surface area contributed by atoms with Crippen LogP contribution in [-0.2, 0) is 16.0 Å². The van der Waals surface area contributed by atoms with Crippen LogP contribution in [0.1, 0.15) is 18.6 Å². The smallest absolute Gasteiger partial charge is 0.330 e. The molecule has 0 saturated carbocycles. The minimum Gasteiger partial charge on any atom is -0.479 e. The maximum Gasteiger partial charge on any atom is 0.330 e. The van der Waals surface area contributed by atoms with Gasteiger partial charge in [0.1, 0.15) is 11.3 Å². The summed E-state index contributed by atoms with van der Waals surface area (Å²) in [6.07, 6.45) is 2.77. The molecule has 0 bridgehead atoms. The Balaban J connectivity index is 1.88. The molecule has 1 aliphatic heterocycles. The normalized spacial score (nSPS) is 22.9. The molecule has 1 saturated heterocycles. The lowest BCUT2D eigenvalue weighted by atomic mass is 9.99. The van der Waals surface area contributed by atoms with E-state index in [9.17, 15) is 14.7 Å². The number of hydrogen-bond acceptors (Lipinski definition) is 4. The van der Waals surface area contributed by atoms with Crippen LogP contribution < -0.4 is 5.32 Å². The quantitative estimate of drug-likeness (QED) is 0.842. The van der Waals surface area contributed by atoms with E-state index in [0.717, 1.165) is 11.5 Å². The van der Waals surface area contributed by atoms with Gasteiger partial charge in [-0.1, -0.05) is 0 Å². The Kier molecular flexibility index (Phi) is 3.96. The first kappa shape index (κ1) is 13.0. The van der Waals surface area contributed by atoms with E-state index < -0.39 is 11.5 Å². The maximum atomic E-state index is 11.8. The van der Waals surface area contributed by atoms with Gasteiger partial charge in [-0.05, 0) is 24.3 Å². The third kappa shape index (κ3) is 2.87. The van der Waals surface area contributed by atoms with Crippen LogP contribution in [0, 0.1) is 0 Å². The number of nitrogens with one attached hydrogen (secondary N) is 1. The number of aryl methyl sites for hydroxylation is 1. The van der Waals surface area contributed by atoms with Gasteiger partial charge in [-0.15, -0.1) is 0 Å². The van der Waals surface area contributed by atoms with Crippen molar-refractivity contribution in [3.05, 3.63) is 24.2 Å². The Morgan fingerprint density at radius 1 is 1.56 bits per heavy atom. The largest absolute Gasteiger partial charge is 0.479 e. The van der Waals surface area contributed by atoms with Crippen molar-refractivity contribution in [3.63, 3.8) is 0 Å². The zero-order valence-corrected chi connectivity index (χ0v) is 10.7. The van der Waals surface area contributed by atoms with Gasteiger partial charge < -0.3 is 14.8 Å². The van der Waals surface area contributed by atoms with Crippen LogP contribution in [0.3, 0.4) is 0 Å². The van der Waals surface area contributed by atoms with Crippen molar-refractivity contribution in [2.24, 2.45) is 0 Å². The van der Waals surface area contributed by atoms with E-state index in [2.05, 4.69) is 5.32 Å². The first-order valence-electron chi connectivity index (χ1n) is 5.77. The van der Waals surface area contributed by atoms with E-state index in [1.807, 2.05) is 0 Å². The fourth-order valence-corrected chi connectivity index (χ4v) is 3.23. The van der Waals surface area contributed by atoms with Crippen molar-refractivity contribution in [1.82, 2.24) is 5.32 Å². The van der Waals surface area contributed by atoms with Gasteiger partial charge in [0.25, 0.3) is 0 Å². The van der Waals surface area contributed by atoms with Gasteiger partial charge in [-0.25, -0.2) is 4.79 Å². The van der Waals surface area contributed by atoms with Crippen LogP contribution >= 0.6 is 11.8 Å². The van der Waals surface area contributed by atoms with Gasteiger partial charge >= 0.3 is 5.97 Å². The molecular weight excluding hydrogens is 254 g/mol. The number of thioether (sulfide) groups is 1. The number of aliphatic carboxylic acids is 1. The fourth-order valence-electron chi connectivity index (χ4n) is 1.91. The lowest BCUT2D eigenvalue weighted by Gasteiger charge is -2.24. The van der Waals surface area contributed by atoms with Gasteiger partial charge in [0.2, 0.25) is 5.91 Å². The monoisotopic (exact) mass is 269 g/mol. The number of carbonyl (C=O) groups is 2. The molecule has 1 aromatic heterocycles. The van der Waals surface area contributed by atoms with Gasteiger partial charge in [0.15, 0.2) is 0 Å². The van der Waals surface area contributed by atoms with Gasteiger partial charge in [0, 0.05) is 18.6 Å². The molecule has 0 aromatic carbocycles. The third-order valence-corrected chi connectivity index (χ3v) is 4.18. The van der Waals surface area contributed by atoms with E-state index >= 15 is 0 Å². The van der Waals surface area contributed by atoms with E-state index in [0.29, 0.717) is 18.6 Å². The topological polar surface area (TPSA) is 79.5 Å². The molecule has 6 heteroatoms. The molecule has 2 heterocycles. The molecule has 5 nitrogen and oxygen atoms in total. The summed E-state index contributed by atoms with van der Waals surface area (Å²) in [5.74, 6) is 0.755. The zero-order chi connectivity index (χ0) is 13.0. The van der Waals surface area contributed by atoms with Crippen LogP contribution in [0.4, 0.5) is 0 Å². The lowest BCUT2D eigenvalue weighted by molar-refractivity contribution is -0.146. The third-order valence-electron chi connectivity index (χ3n) is 2.99. The highest BCUT2D eigenvalue weighted by atomic mass is 32.2. The standard InChI is InChI=1S/C12H15NO4S/c14-10(4-3-9-2-1-6-17-9)13-12(11(15)16)5-7-18-8-12/h1-2,6H,3-5,7-8H2,(H,13,14)(H,15,16). The van der Waals surface area contributed by atoms with E-state index in [-0.39, 0.29) is 12.3 Å². The first-order chi connectivity index (χ1) is 8.62. The van der Waals surface area contributed by atoms with Crippen LogP contribution in [0.25, 0.3) is 0 Å². The molecule has 1 unspecified atom stereocenters. The summed E-state index contributed by atoms with van der Waals surface area (Å²) in [5.41, 5.74) is -1.08. The Morgan fingerprint density at radius 3 is 2.94 bits per heavy atom. The van der Waals surface area contributed by atoms with Crippen LogP contribution in [-0.4, -0.2) is 34.0 Å². The summed E-state index contributed by atoms with van der Waals surface area (Å²) < 4.78 is 5.13. The van der Waals surface area contributed by atoms with E-state index in [1.54, 1.807) is 30.2 Å². The Morgan fingerprint density at radius 2 is 2.39 bits per heavy atom. The molecule has 1 aromatic rings. The summed E-state index contributed by atoms with van der Waals surface area (Å²) >= 11 is 1.55. The summed E-state index contributed by atoms with van der Waals surface area (Å²) in [6, 6.07) is 3.56.